The SMILES string of the molecule is CC(C)(C)C(=O)N1CCCC(C(=O)Nc2ccc(N)nc2)C1.Cl. The lowest BCUT2D eigenvalue weighted by atomic mass is 9.91. The average Bonchev–Trinajstić information content (AvgIpc) is 2.48. The highest BCUT2D eigenvalue weighted by molar-refractivity contribution is 5.93. The van der Waals surface area contributed by atoms with Crippen molar-refractivity contribution < 1.29 is 9.59 Å². The van der Waals surface area contributed by atoms with Crippen LogP contribution in [0.1, 0.15) is 33.6 Å². The molecule has 1 aliphatic rings. The average molecular weight is 341 g/mol. The van der Waals surface area contributed by atoms with Crippen molar-refractivity contribution in [2.45, 2.75) is 33.6 Å². The Balaban J connectivity index is 0.00000264. The van der Waals surface area contributed by atoms with Gasteiger partial charge in [-0.15, -0.1) is 12.4 Å². The Morgan fingerprint density at radius 2 is 2.04 bits per heavy atom. The van der Waals surface area contributed by atoms with E-state index in [4.69, 9.17) is 5.73 Å². The van der Waals surface area contributed by atoms with Crippen LogP contribution in [0, 0.1) is 11.3 Å². The highest BCUT2D eigenvalue weighted by Crippen LogP contribution is 2.24. The number of hydrogen-bond donors (Lipinski definition) is 2. The molecule has 0 spiro atoms. The fraction of sp³-hybridized carbons (Fsp3) is 0.562. The third-order valence-corrected chi connectivity index (χ3v) is 3.77. The zero-order valence-electron chi connectivity index (χ0n) is 13.8. The van der Waals surface area contributed by atoms with Crippen molar-refractivity contribution in [2.24, 2.45) is 11.3 Å². The first-order chi connectivity index (χ1) is 10.3. The number of hydrogen-bond acceptors (Lipinski definition) is 4. The van der Waals surface area contributed by atoms with Gasteiger partial charge >= 0.3 is 0 Å². The van der Waals surface area contributed by atoms with E-state index in [0.29, 0.717) is 18.1 Å². The smallest absolute Gasteiger partial charge is 0.229 e. The molecule has 2 heterocycles. The molecule has 1 fully saturated rings. The number of nitrogens with zero attached hydrogens (tertiary/aromatic N) is 2. The zero-order chi connectivity index (χ0) is 16.3. The summed E-state index contributed by atoms with van der Waals surface area (Å²) >= 11 is 0. The van der Waals surface area contributed by atoms with Gasteiger partial charge in [0.05, 0.1) is 17.8 Å². The van der Waals surface area contributed by atoms with Gasteiger partial charge < -0.3 is 16.0 Å². The van der Waals surface area contributed by atoms with E-state index in [1.54, 1.807) is 17.0 Å². The topological polar surface area (TPSA) is 88.3 Å². The molecule has 0 aliphatic carbocycles. The molecule has 2 rings (SSSR count). The van der Waals surface area contributed by atoms with Crippen molar-refractivity contribution in [1.82, 2.24) is 9.88 Å². The Morgan fingerprint density at radius 1 is 1.35 bits per heavy atom. The van der Waals surface area contributed by atoms with Gasteiger partial charge in [0.1, 0.15) is 5.82 Å². The van der Waals surface area contributed by atoms with Gasteiger partial charge in [0.25, 0.3) is 0 Å². The number of nitrogens with one attached hydrogen (secondary N) is 1. The summed E-state index contributed by atoms with van der Waals surface area (Å²) in [7, 11) is 0. The number of rotatable bonds is 2. The quantitative estimate of drug-likeness (QED) is 0.864. The summed E-state index contributed by atoms with van der Waals surface area (Å²) in [6.45, 7) is 6.91. The first-order valence-electron chi connectivity index (χ1n) is 7.59. The lowest BCUT2D eigenvalue weighted by Crippen LogP contribution is -2.47. The van der Waals surface area contributed by atoms with Gasteiger partial charge in [-0.05, 0) is 25.0 Å². The summed E-state index contributed by atoms with van der Waals surface area (Å²) in [5, 5.41) is 2.84. The minimum Gasteiger partial charge on any atom is -0.384 e. The second-order valence-corrected chi connectivity index (χ2v) is 6.80. The fourth-order valence-corrected chi connectivity index (χ4v) is 2.57. The number of aromatic nitrogens is 1. The number of nitrogens with two attached hydrogens (primary N) is 1. The minimum atomic E-state index is -0.417. The van der Waals surface area contributed by atoms with Crippen LogP contribution in [0.5, 0.6) is 0 Å². The molecule has 1 aromatic rings. The number of anilines is 2. The first-order valence-corrected chi connectivity index (χ1v) is 7.59. The molecule has 1 unspecified atom stereocenters. The molecule has 6 nitrogen and oxygen atoms in total. The molecule has 128 valence electrons. The molecule has 1 aromatic heterocycles. The maximum atomic E-state index is 12.4. The number of nitrogen functional groups attached to an aromatic ring is 1. The lowest BCUT2D eigenvalue weighted by molar-refractivity contribution is -0.142. The Kier molecular flexibility index (Phi) is 6.38. The minimum absolute atomic E-state index is 0. The molecule has 1 aliphatic heterocycles. The number of carbonyl (C=O) groups is 2. The molecule has 0 saturated carbocycles. The van der Waals surface area contributed by atoms with Crippen LogP contribution in [0.25, 0.3) is 0 Å². The van der Waals surface area contributed by atoms with Crippen molar-refractivity contribution in [3.05, 3.63) is 18.3 Å². The molecule has 0 aromatic carbocycles. The van der Waals surface area contributed by atoms with E-state index in [9.17, 15) is 9.59 Å². The van der Waals surface area contributed by atoms with Crippen molar-refractivity contribution in [3.63, 3.8) is 0 Å². The Bertz CT molecular complexity index is 554. The summed E-state index contributed by atoms with van der Waals surface area (Å²) in [6, 6.07) is 3.37. The Hall–Kier alpha value is -1.82. The number of likely N-dealkylation sites (tertiary alicyclic amines) is 1. The third kappa shape index (κ3) is 5.10. The fourth-order valence-electron chi connectivity index (χ4n) is 2.57. The molecule has 1 saturated heterocycles. The van der Waals surface area contributed by atoms with E-state index in [0.717, 1.165) is 19.4 Å². The standard InChI is InChI=1S/C16H24N4O2.ClH/c1-16(2,3)15(22)20-8-4-5-11(10-20)14(21)19-12-6-7-13(17)18-9-12;/h6-7,9,11H,4-5,8,10H2,1-3H3,(H2,17,18)(H,19,21);1H. The number of piperidine rings is 1. The largest absolute Gasteiger partial charge is 0.384 e. The summed E-state index contributed by atoms with van der Waals surface area (Å²) in [5.41, 5.74) is 5.73. The molecular formula is C16H25ClN4O2. The number of carbonyl (C=O) groups excluding carboxylic acids is 2. The molecule has 2 amide bonds. The summed E-state index contributed by atoms with van der Waals surface area (Å²) in [5.74, 6) is 0.257. The maximum Gasteiger partial charge on any atom is 0.229 e. The van der Waals surface area contributed by atoms with Crippen molar-refractivity contribution in [2.75, 3.05) is 24.1 Å². The summed E-state index contributed by atoms with van der Waals surface area (Å²) < 4.78 is 0. The monoisotopic (exact) mass is 340 g/mol. The van der Waals surface area contributed by atoms with Crippen molar-refractivity contribution >= 4 is 35.7 Å². The highest BCUT2D eigenvalue weighted by atomic mass is 35.5. The Labute approximate surface area is 143 Å². The normalized spacial score (nSPS) is 18.0. The molecule has 1 atom stereocenters. The summed E-state index contributed by atoms with van der Waals surface area (Å²) in [4.78, 5) is 30.5. The lowest BCUT2D eigenvalue weighted by Gasteiger charge is -2.35. The predicted octanol–water partition coefficient (Wildman–Crippen LogP) is 2.31. The maximum absolute atomic E-state index is 12.4. The van der Waals surface area contributed by atoms with Gasteiger partial charge in [0, 0.05) is 18.5 Å². The van der Waals surface area contributed by atoms with Gasteiger partial charge in [0.15, 0.2) is 0 Å². The van der Waals surface area contributed by atoms with Gasteiger partial charge in [-0.25, -0.2) is 4.98 Å². The second-order valence-electron chi connectivity index (χ2n) is 6.80. The van der Waals surface area contributed by atoms with Gasteiger partial charge in [-0.3, -0.25) is 9.59 Å². The number of halogens is 1. The molecule has 23 heavy (non-hydrogen) atoms. The van der Waals surface area contributed by atoms with Crippen LogP contribution < -0.4 is 11.1 Å². The van der Waals surface area contributed by atoms with Crippen LogP contribution >= 0.6 is 12.4 Å². The van der Waals surface area contributed by atoms with Crippen molar-refractivity contribution in [1.29, 1.82) is 0 Å². The predicted molar refractivity (Wildman–Crippen MR) is 93.3 cm³/mol. The summed E-state index contributed by atoms with van der Waals surface area (Å²) in [6.07, 6.45) is 3.18. The van der Waals surface area contributed by atoms with Gasteiger partial charge in [-0.1, -0.05) is 20.8 Å². The number of amides is 2. The number of pyridine rings is 1. The molecule has 0 radical (unpaired) electrons. The zero-order valence-corrected chi connectivity index (χ0v) is 14.7. The molecule has 7 heteroatoms. The van der Waals surface area contributed by atoms with Crippen molar-refractivity contribution in [3.8, 4) is 0 Å². The first kappa shape index (κ1) is 19.2. The molecule has 0 bridgehead atoms. The van der Waals surface area contributed by atoms with Crippen LogP contribution in [-0.2, 0) is 9.59 Å². The van der Waals surface area contributed by atoms with E-state index < -0.39 is 5.41 Å². The van der Waals surface area contributed by atoms with Gasteiger partial charge in [0.2, 0.25) is 11.8 Å². The third-order valence-electron chi connectivity index (χ3n) is 3.77. The van der Waals surface area contributed by atoms with Crippen LogP contribution in [0.2, 0.25) is 0 Å². The molecule has 3 N–H and O–H groups in total. The van der Waals surface area contributed by atoms with E-state index in [1.807, 2.05) is 20.8 Å². The van der Waals surface area contributed by atoms with E-state index in [-0.39, 0.29) is 30.1 Å². The molecular weight excluding hydrogens is 316 g/mol. The Morgan fingerprint density at radius 3 is 2.61 bits per heavy atom. The van der Waals surface area contributed by atoms with E-state index in [2.05, 4.69) is 10.3 Å². The second kappa shape index (κ2) is 7.64. The van der Waals surface area contributed by atoms with E-state index in [1.165, 1.54) is 6.20 Å². The highest BCUT2D eigenvalue weighted by Gasteiger charge is 2.33. The van der Waals surface area contributed by atoms with Crippen LogP contribution in [0.15, 0.2) is 18.3 Å². The van der Waals surface area contributed by atoms with Crippen LogP contribution in [0.3, 0.4) is 0 Å². The van der Waals surface area contributed by atoms with Crippen LogP contribution in [-0.4, -0.2) is 34.8 Å². The van der Waals surface area contributed by atoms with E-state index >= 15 is 0 Å². The van der Waals surface area contributed by atoms with Gasteiger partial charge in [-0.2, -0.15) is 0 Å². The van der Waals surface area contributed by atoms with Crippen LogP contribution in [0.4, 0.5) is 11.5 Å².